The van der Waals surface area contributed by atoms with Crippen LogP contribution in [0.1, 0.15) is 23.1 Å². The maximum Gasteiger partial charge on any atom is 0.433 e. The third-order valence-electron chi connectivity index (χ3n) is 4.69. The Hall–Kier alpha value is -2.59. The molecule has 2 heterocycles. The van der Waals surface area contributed by atoms with Crippen molar-refractivity contribution < 1.29 is 22.7 Å². The molecule has 10 heteroatoms. The fraction of sp³-hybridized carbons (Fsp3) is 0.318. The van der Waals surface area contributed by atoms with Gasteiger partial charge in [0, 0.05) is 30.1 Å². The molecule has 0 saturated carbocycles. The minimum atomic E-state index is -4.56. The van der Waals surface area contributed by atoms with Crippen molar-refractivity contribution in [3.8, 4) is 5.75 Å². The predicted octanol–water partition coefficient (Wildman–Crippen LogP) is 5.32. The van der Waals surface area contributed by atoms with E-state index in [0.29, 0.717) is 13.0 Å². The molecular formula is C22H22F3N3O2S2. The monoisotopic (exact) mass is 481 g/mol. The molecule has 0 radical (unpaired) electrons. The van der Waals surface area contributed by atoms with Crippen LogP contribution in [0.25, 0.3) is 0 Å². The fourth-order valence-corrected chi connectivity index (χ4v) is 4.57. The summed E-state index contributed by atoms with van der Waals surface area (Å²) in [7, 11) is 1.58. The van der Waals surface area contributed by atoms with Crippen molar-refractivity contribution in [1.29, 1.82) is 0 Å². The van der Waals surface area contributed by atoms with Crippen molar-refractivity contribution in [3.05, 3.63) is 70.2 Å². The number of amides is 1. The molecule has 0 N–H and O–H groups in total. The third kappa shape index (κ3) is 6.70. The normalized spacial score (nSPS) is 12.4. The number of alkyl halides is 3. The van der Waals surface area contributed by atoms with Gasteiger partial charge in [-0.1, -0.05) is 30.0 Å². The van der Waals surface area contributed by atoms with E-state index in [1.807, 2.05) is 48.7 Å². The van der Waals surface area contributed by atoms with E-state index >= 15 is 0 Å². The van der Waals surface area contributed by atoms with Crippen LogP contribution in [-0.2, 0) is 23.9 Å². The second-order valence-corrected chi connectivity index (χ2v) is 8.99. The number of methoxy groups -OCH3 is 1. The van der Waals surface area contributed by atoms with Crippen LogP contribution in [0.15, 0.2) is 59.2 Å². The lowest BCUT2D eigenvalue weighted by Gasteiger charge is -2.29. The van der Waals surface area contributed by atoms with Gasteiger partial charge in [0.15, 0.2) is 5.16 Å². The van der Waals surface area contributed by atoms with Crippen molar-refractivity contribution in [2.45, 2.75) is 37.3 Å². The van der Waals surface area contributed by atoms with Gasteiger partial charge < -0.3 is 9.64 Å². The number of halogens is 3. The summed E-state index contributed by atoms with van der Waals surface area (Å²) in [4.78, 5) is 23.4. The van der Waals surface area contributed by atoms with Gasteiger partial charge in [0.2, 0.25) is 5.91 Å². The Morgan fingerprint density at radius 1 is 1.22 bits per heavy atom. The maximum absolute atomic E-state index is 13.1. The van der Waals surface area contributed by atoms with Gasteiger partial charge >= 0.3 is 6.18 Å². The molecule has 0 aliphatic rings. The molecule has 2 aromatic heterocycles. The van der Waals surface area contributed by atoms with Crippen LogP contribution < -0.4 is 4.74 Å². The largest absolute Gasteiger partial charge is 0.497 e. The molecule has 0 fully saturated rings. The van der Waals surface area contributed by atoms with Crippen molar-refractivity contribution in [2.75, 3.05) is 12.9 Å². The first-order valence-corrected chi connectivity index (χ1v) is 11.6. The van der Waals surface area contributed by atoms with Gasteiger partial charge in [0.1, 0.15) is 11.4 Å². The van der Waals surface area contributed by atoms with Crippen molar-refractivity contribution in [2.24, 2.45) is 0 Å². The predicted molar refractivity (Wildman–Crippen MR) is 119 cm³/mol. The summed E-state index contributed by atoms with van der Waals surface area (Å²) in [5.41, 5.74) is -0.0962. The average molecular weight is 482 g/mol. The summed E-state index contributed by atoms with van der Waals surface area (Å²) in [5.74, 6) is 0.457. The second-order valence-electron chi connectivity index (χ2n) is 7.01. The number of benzene rings is 1. The highest BCUT2D eigenvalue weighted by atomic mass is 32.2. The summed E-state index contributed by atoms with van der Waals surface area (Å²) < 4.78 is 43.9. The van der Waals surface area contributed by atoms with Gasteiger partial charge in [-0.25, -0.2) is 9.97 Å². The molecular weight excluding hydrogens is 459 g/mol. The molecule has 0 unspecified atom stereocenters. The van der Waals surface area contributed by atoms with Gasteiger partial charge in [-0.15, -0.1) is 11.3 Å². The molecule has 3 aromatic rings. The Kier molecular flexibility index (Phi) is 8.14. The number of carbonyl (C=O) groups is 1. The highest BCUT2D eigenvalue weighted by molar-refractivity contribution is 7.99. The lowest BCUT2D eigenvalue weighted by atomic mass is 10.1. The number of ether oxygens (including phenoxy) is 1. The first-order valence-electron chi connectivity index (χ1n) is 9.74. The molecule has 1 amide bonds. The van der Waals surface area contributed by atoms with E-state index in [4.69, 9.17) is 4.74 Å². The Morgan fingerprint density at radius 3 is 2.59 bits per heavy atom. The lowest BCUT2D eigenvalue weighted by Crippen LogP contribution is -2.40. The zero-order valence-electron chi connectivity index (χ0n) is 17.5. The van der Waals surface area contributed by atoms with E-state index in [-0.39, 0.29) is 22.9 Å². The quantitative estimate of drug-likeness (QED) is 0.306. The van der Waals surface area contributed by atoms with Crippen LogP contribution in [0.4, 0.5) is 13.2 Å². The number of carbonyl (C=O) groups excluding carboxylic acids is 1. The van der Waals surface area contributed by atoms with Gasteiger partial charge in [0.05, 0.1) is 12.9 Å². The molecule has 1 aromatic carbocycles. The number of aromatic nitrogens is 2. The number of rotatable bonds is 9. The maximum atomic E-state index is 13.1. The molecule has 0 spiro atoms. The Labute approximate surface area is 192 Å². The summed E-state index contributed by atoms with van der Waals surface area (Å²) in [5, 5.41) is 1.90. The number of nitrogens with zero attached hydrogens (tertiary/aromatic N) is 3. The van der Waals surface area contributed by atoms with Crippen LogP contribution in [0.5, 0.6) is 5.75 Å². The summed E-state index contributed by atoms with van der Waals surface area (Å²) in [6.07, 6.45) is -2.82. The zero-order valence-corrected chi connectivity index (χ0v) is 19.1. The summed E-state index contributed by atoms with van der Waals surface area (Å²) in [6.45, 7) is 2.34. The molecule has 5 nitrogen and oxygen atoms in total. The molecule has 32 heavy (non-hydrogen) atoms. The van der Waals surface area contributed by atoms with Crippen LogP contribution in [-0.4, -0.2) is 39.7 Å². The van der Waals surface area contributed by atoms with E-state index in [0.717, 1.165) is 40.2 Å². The van der Waals surface area contributed by atoms with E-state index in [2.05, 4.69) is 9.97 Å². The number of hydrogen-bond donors (Lipinski definition) is 0. The minimum Gasteiger partial charge on any atom is -0.497 e. The average Bonchev–Trinajstić information content (AvgIpc) is 3.28. The van der Waals surface area contributed by atoms with Gasteiger partial charge in [-0.2, -0.15) is 13.2 Å². The second kappa shape index (κ2) is 10.8. The number of thioether (sulfide) groups is 1. The van der Waals surface area contributed by atoms with E-state index in [1.54, 1.807) is 23.3 Å². The van der Waals surface area contributed by atoms with Crippen molar-refractivity contribution >= 4 is 29.0 Å². The Balaban J connectivity index is 1.73. The summed E-state index contributed by atoms with van der Waals surface area (Å²) in [6, 6.07) is 12.1. The molecule has 0 aliphatic carbocycles. The Morgan fingerprint density at radius 2 is 1.97 bits per heavy atom. The molecule has 0 bridgehead atoms. The van der Waals surface area contributed by atoms with E-state index in [9.17, 15) is 18.0 Å². The first kappa shape index (κ1) is 24.1. The molecule has 0 saturated heterocycles. The van der Waals surface area contributed by atoms with Crippen LogP contribution >= 0.6 is 23.1 Å². The topological polar surface area (TPSA) is 55.3 Å². The fourth-order valence-electron chi connectivity index (χ4n) is 3.02. The molecule has 0 aliphatic heterocycles. The minimum absolute atomic E-state index is 0.0632. The van der Waals surface area contributed by atoms with Crippen LogP contribution in [0.2, 0.25) is 0 Å². The standard InChI is InChI=1S/C22H22F3N3O2S2/c1-15(12-18-4-3-11-31-18)28(13-16-5-7-17(30-2)8-6-16)20(29)14-32-21-26-10-9-19(27-21)22(23,24)25/h3-11,15H,12-14H2,1-2H3/t15-/m1/s1. The highest BCUT2D eigenvalue weighted by Crippen LogP contribution is 2.28. The number of thiophene rings is 1. The molecule has 170 valence electrons. The van der Waals surface area contributed by atoms with Gasteiger partial charge in [0.25, 0.3) is 0 Å². The smallest absolute Gasteiger partial charge is 0.433 e. The van der Waals surface area contributed by atoms with Gasteiger partial charge in [-0.05, 0) is 42.1 Å². The van der Waals surface area contributed by atoms with Crippen molar-refractivity contribution in [1.82, 2.24) is 14.9 Å². The zero-order chi connectivity index (χ0) is 23.1. The lowest BCUT2D eigenvalue weighted by molar-refractivity contribution is -0.141. The molecule has 1 atom stereocenters. The van der Waals surface area contributed by atoms with Crippen molar-refractivity contribution in [3.63, 3.8) is 0 Å². The number of hydrogen-bond acceptors (Lipinski definition) is 6. The van der Waals surface area contributed by atoms with Crippen LogP contribution in [0.3, 0.4) is 0 Å². The third-order valence-corrected chi connectivity index (χ3v) is 6.43. The van der Waals surface area contributed by atoms with E-state index in [1.165, 1.54) is 0 Å². The first-order chi connectivity index (χ1) is 15.3. The summed E-state index contributed by atoms with van der Waals surface area (Å²) >= 11 is 2.52. The Bertz CT molecular complexity index is 1010. The molecule has 3 rings (SSSR count). The van der Waals surface area contributed by atoms with Crippen LogP contribution in [0, 0.1) is 0 Å². The van der Waals surface area contributed by atoms with Gasteiger partial charge in [-0.3, -0.25) is 4.79 Å². The SMILES string of the molecule is COc1ccc(CN(C(=O)CSc2nccc(C(F)(F)F)n2)[C@H](C)Cc2cccs2)cc1. The highest BCUT2D eigenvalue weighted by Gasteiger charge is 2.33. The van der Waals surface area contributed by atoms with E-state index < -0.39 is 11.9 Å².